The van der Waals surface area contributed by atoms with Crippen molar-refractivity contribution in [1.82, 2.24) is 0 Å². The van der Waals surface area contributed by atoms with Crippen LogP contribution in [-0.4, -0.2) is 11.1 Å². The first kappa shape index (κ1) is 18.5. The first-order valence-corrected chi connectivity index (χ1v) is 8.91. The largest absolute Gasteiger partial charge is 0.485 e. The number of carboxylic acids is 1. The van der Waals surface area contributed by atoms with Gasteiger partial charge in [0, 0.05) is 5.56 Å². The number of hydrogen-bond donors (Lipinski definition) is 1. The Hall–Kier alpha value is -3.27. The quantitative estimate of drug-likeness (QED) is 0.605. The molecule has 0 saturated carbocycles. The van der Waals surface area contributed by atoms with Crippen molar-refractivity contribution in [3.8, 4) is 11.5 Å². The van der Waals surface area contributed by atoms with Gasteiger partial charge in [-0.25, -0.2) is 4.79 Å². The Kier molecular flexibility index (Phi) is 6.10. The zero-order valence-electron chi connectivity index (χ0n) is 15.2. The van der Waals surface area contributed by atoms with Crippen LogP contribution < -0.4 is 9.47 Å². The lowest BCUT2D eigenvalue weighted by molar-refractivity contribution is 0.0695. The Bertz CT molecular complexity index is 889. The molecular weight excluding hydrogens is 340 g/mol. The van der Waals surface area contributed by atoms with Crippen molar-refractivity contribution in [1.29, 1.82) is 0 Å². The molecule has 0 fully saturated rings. The molecule has 3 aromatic carbocycles. The van der Waals surface area contributed by atoms with Crippen LogP contribution in [0.4, 0.5) is 0 Å². The maximum absolute atomic E-state index is 11.6. The number of rotatable bonds is 8. The number of ether oxygens (including phenoxy) is 2. The third-order valence-corrected chi connectivity index (χ3v) is 4.27. The summed E-state index contributed by atoms with van der Waals surface area (Å²) in [6.07, 6.45) is 0.536. The monoisotopic (exact) mass is 362 g/mol. The highest BCUT2D eigenvalue weighted by atomic mass is 16.5. The SMILES string of the molecule is CCc1c(C(=O)O)ccc(OCc2ccccc2)c1OCc1ccccc1. The van der Waals surface area contributed by atoms with Gasteiger partial charge in [0.1, 0.15) is 13.2 Å². The third kappa shape index (κ3) is 4.67. The van der Waals surface area contributed by atoms with Gasteiger partial charge in [-0.1, -0.05) is 67.6 Å². The Morgan fingerprint density at radius 1 is 0.815 bits per heavy atom. The minimum atomic E-state index is -0.967. The van der Waals surface area contributed by atoms with Gasteiger partial charge >= 0.3 is 5.97 Å². The van der Waals surface area contributed by atoms with Crippen molar-refractivity contribution in [3.05, 3.63) is 95.1 Å². The van der Waals surface area contributed by atoms with Crippen LogP contribution in [0.25, 0.3) is 0 Å². The van der Waals surface area contributed by atoms with Gasteiger partial charge < -0.3 is 14.6 Å². The molecule has 0 atom stereocenters. The topological polar surface area (TPSA) is 55.8 Å². The summed E-state index contributed by atoms with van der Waals surface area (Å²) in [5, 5.41) is 9.51. The fourth-order valence-corrected chi connectivity index (χ4v) is 2.89. The second kappa shape index (κ2) is 8.90. The Morgan fingerprint density at radius 3 is 1.89 bits per heavy atom. The summed E-state index contributed by atoms with van der Waals surface area (Å²) in [5.41, 5.74) is 2.93. The van der Waals surface area contributed by atoms with E-state index < -0.39 is 5.97 Å². The molecule has 3 aromatic rings. The highest BCUT2D eigenvalue weighted by molar-refractivity contribution is 5.90. The summed E-state index contributed by atoms with van der Waals surface area (Å²) in [6, 6.07) is 22.9. The second-order valence-corrected chi connectivity index (χ2v) is 6.13. The average Bonchev–Trinajstić information content (AvgIpc) is 2.71. The van der Waals surface area contributed by atoms with E-state index in [2.05, 4.69) is 0 Å². The van der Waals surface area contributed by atoms with Crippen LogP contribution in [-0.2, 0) is 19.6 Å². The molecule has 0 amide bonds. The van der Waals surface area contributed by atoms with E-state index in [9.17, 15) is 9.90 Å². The molecule has 0 bridgehead atoms. The van der Waals surface area contributed by atoms with Crippen molar-refractivity contribution >= 4 is 5.97 Å². The average molecular weight is 362 g/mol. The maximum atomic E-state index is 11.6. The van der Waals surface area contributed by atoms with E-state index in [0.29, 0.717) is 36.7 Å². The number of benzene rings is 3. The predicted octanol–water partition coefficient (Wildman–Crippen LogP) is 5.11. The second-order valence-electron chi connectivity index (χ2n) is 6.13. The van der Waals surface area contributed by atoms with Crippen molar-refractivity contribution in [2.24, 2.45) is 0 Å². The van der Waals surface area contributed by atoms with Gasteiger partial charge in [-0.05, 0) is 29.7 Å². The van der Waals surface area contributed by atoms with Gasteiger partial charge in [0.25, 0.3) is 0 Å². The lowest BCUT2D eigenvalue weighted by Crippen LogP contribution is -2.08. The summed E-state index contributed by atoms with van der Waals surface area (Å²) < 4.78 is 12.0. The predicted molar refractivity (Wildman–Crippen MR) is 104 cm³/mol. The Morgan fingerprint density at radius 2 is 1.37 bits per heavy atom. The molecule has 0 spiro atoms. The van der Waals surface area contributed by atoms with Crippen LogP contribution in [0, 0.1) is 0 Å². The van der Waals surface area contributed by atoms with E-state index in [1.54, 1.807) is 12.1 Å². The summed E-state index contributed by atoms with van der Waals surface area (Å²) in [5.74, 6) is 0.0832. The fourth-order valence-electron chi connectivity index (χ4n) is 2.89. The van der Waals surface area contributed by atoms with Crippen molar-refractivity contribution in [3.63, 3.8) is 0 Å². The summed E-state index contributed by atoms with van der Waals surface area (Å²) >= 11 is 0. The van der Waals surface area contributed by atoms with Gasteiger partial charge in [-0.3, -0.25) is 0 Å². The highest BCUT2D eigenvalue weighted by Crippen LogP contribution is 2.35. The number of carbonyl (C=O) groups is 1. The molecule has 0 radical (unpaired) electrons. The zero-order valence-corrected chi connectivity index (χ0v) is 15.2. The molecule has 0 aliphatic heterocycles. The lowest BCUT2D eigenvalue weighted by Gasteiger charge is -2.18. The summed E-state index contributed by atoms with van der Waals surface area (Å²) in [4.78, 5) is 11.6. The minimum absolute atomic E-state index is 0.243. The van der Waals surface area contributed by atoms with Crippen LogP contribution in [0.5, 0.6) is 11.5 Å². The summed E-state index contributed by atoms with van der Waals surface area (Å²) in [6.45, 7) is 2.65. The molecule has 27 heavy (non-hydrogen) atoms. The van der Waals surface area contributed by atoms with Crippen LogP contribution in [0.3, 0.4) is 0 Å². The van der Waals surface area contributed by atoms with Crippen LogP contribution in [0.2, 0.25) is 0 Å². The van der Waals surface area contributed by atoms with Crippen molar-refractivity contribution in [2.45, 2.75) is 26.6 Å². The van der Waals surface area contributed by atoms with E-state index in [-0.39, 0.29) is 5.56 Å². The van der Waals surface area contributed by atoms with Crippen molar-refractivity contribution < 1.29 is 19.4 Å². The Balaban J connectivity index is 1.89. The van der Waals surface area contributed by atoms with Crippen LogP contribution in [0.15, 0.2) is 72.8 Å². The van der Waals surface area contributed by atoms with E-state index in [4.69, 9.17) is 9.47 Å². The number of hydrogen-bond acceptors (Lipinski definition) is 3. The molecule has 0 unspecified atom stereocenters. The summed E-state index contributed by atoms with van der Waals surface area (Å²) in [7, 11) is 0. The van der Waals surface area contributed by atoms with Crippen LogP contribution in [0.1, 0.15) is 34.0 Å². The normalized spacial score (nSPS) is 10.4. The molecule has 0 aromatic heterocycles. The van der Waals surface area contributed by atoms with E-state index in [1.165, 1.54) is 0 Å². The minimum Gasteiger partial charge on any atom is -0.485 e. The zero-order chi connectivity index (χ0) is 19.1. The van der Waals surface area contributed by atoms with E-state index in [1.807, 2.05) is 67.6 Å². The first-order valence-electron chi connectivity index (χ1n) is 8.91. The van der Waals surface area contributed by atoms with Crippen LogP contribution >= 0.6 is 0 Å². The molecule has 1 N–H and O–H groups in total. The number of aromatic carboxylic acids is 1. The van der Waals surface area contributed by atoms with Gasteiger partial charge in [0.2, 0.25) is 0 Å². The van der Waals surface area contributed by atoms with Gasteiger partial charge in [-0.2, -0.15) is 0 Å². The molecule has 4 nitrogen and oxygen atoms in total. The number of carboxylic acid groups (broad SMARTS) is 1. The lowest BCUT2D eigenvalue weighted by atomic mass is 10.0. The smallest absolute Gasteiger partial charge is 0.336 e. The fraction of sp³-hybridized carbons (Fsp3) is 0.174. The molecule has 0 heterocycles. The Labute approximate surface area is 159 Å². The molecule has 0 aliphatic carbocycles. The van der Waals surface area contributed by atoms with Crippen molar-refractivity contribution in [2.75, 3.05) is 0 Å². The van der Waals surface area contributed by atoms with Gasteiger partial charge in [0.15, 0.2) is 11.5 Å². The molecule has 0 aliphatic rings. The molecule has 3 rings (SSSR count). The highest BCUT2D eigenvalue weighted by Gasteiger charge is 2.19. The molecule has 4 heteroatoms. The van der Waals surface area contributed by atoms with Gasteiger partial charge in [-0.15, -0.1) is 0 Å². The standard InChI is InChI=1S/C23H22O4/c1-2-19-20(23(24)25)13-14-21(26-15-17-9-5-3-6-10-17)22(19)27-16-18-11-7-4-8-12-18/h3-14H,2,15-16H2,1H3,(H,24,25). The maximum Gasteiger partial charge on any atom is 0.336 e. The first-order chi connectivity index (χ1) is 13.2. The van der Waals surface area contributed by atoms with E-state index >= 15 is 0 Å². The van der Waals surface area contributed by atoms with E-state index in [0.717, 1.165) is 11.1 Å². The van der Waals surface area contributed by atoms with Gasteiger partial charge in [0.05, 0.1) is 5.56 Å². The molecule has 138 valence electrons. The molecular formula is C23H22O4. The molecule has 0 saturated heterocycles. The third-order valence-electron chi connectivity index (χ3n) is 4.27.